The molecule has 29 heavy (non-hydrogen) atoms. The van der Waals surface area contributed by atoms with E-state index >= 15 is 0 Å². The molecule has 1 aromatic carbocycles. The lowest BCUT2D eigenvalue weighted by atomic mass is 10.1. The molecule has 1 fully saturated rings. The molecule has 0 aliphatic carbocycles. The van der Waals surface area contributed by atoms with Crippen molar-refractivity contribution in [2.75, 3.05) is 44.7 Å². The summed E-state index contributed by atoms with van der Waals surface area (Å²) in [6, 6.07) is 4.92. The highest BCUT2D eigenvalue weighted by Gasteiger charge is 2.29. The molecule has 1 saturated heterocycles. The van der Waals surface area contributed by atoms with Gasteiger partial charge in [-0.2, -0.15) is 11.8 Å². The number of nitrogens with one attached hydrogen (secondary N) is 1. The summed E-state index contributed by atoms with van der Waals surface area (Å²) in [5.41, 5.74) is 0.0359. The van der Waals surface area contributed by atoms with Crippen molar-refractivity contribution in [2.24, 2.45) is 5.92 Å². The lowest BCUT2D eigenvalue weighted by Crippen LogP contribution is -2.55. The fraction of sp³-hybridized carbons (Fsp3) is 0.600. The van der Waals surface area contributed by atoms with Crippen LogP contribution >= 0.6 is 11.8 Å². The molecule has 0 spiro atoms. The Bertz CT molecular complexity index is 720. The highest BCUT2D eigenvalue weighted by atomic mass is 32.2. The van der Waals surface area contributed by atoms with E-state index < -0.39 is 16.9 Å². The first-order chi connectivity index (χ1) is 13.8. The molecule has 0 saturated carbocycles. The van der Waals surface area contributed by atoms with Crippen molar-refractivity contribution in [3.8, 4) is 0 Å². The quantitative estimate of drug-likeness (QED) is 0.484. The summed E-state index contributed by atoms with van der Waals surface area (Å²) in [5.74, 6) is 0.772. The second-order valence-corrected chi connectivity index (χ2v) is 8.62. The van der Waals surface area contributed by atoms with Gasteiger partial charge in [0.05, 0.1) is 4.92 Å². The third-order valence-electron chi connectivity index (χ3n) is 4.84. The van der Waals surface area contributed by atoms with Crippen molar-refractivity contribution in [1.29, 1.82) is 0 Å². The summed E-state index contributed by atoms with van der Waals surface area (Å²) < 4.78 is 0. The second-order valence-electron chi connectivity index (χ2n) is 7.63. The number of carbonyl (C=O) groups excluding carboxylic acids is 2. The van der Waals surface area contributed by atoms with Crippen LogP contribution in [0, 0.1) is 16.0 Å². The third-order valence-corrected chi connectivity index (χ3v) is 5.48. The predicted octanol–water partition coefficient (Wildman–Crippen LogP) is 2.25. The molecule has 8 nitrogen and oxygen atoms in total. The van der Waals surface area contributed by atoms with Crippen LogP contribution in [0.25, 0.3) is 0 Å². The number of piperazine rings is 1. The number of hydrogen-bond acceptors (Lipinski definition) is 6. The van der Waals surface area contributed by atoms with Gasteiger partial charge in [0.25, 0.3) is 11.6 Å². The summed E-state index contributed by atoms with van der Waals surface area (Å²) in [6.07, 6.45) is 2.47. The lowest BCUT2D eigenvalue weighted by molar-refractivity contribution is -0.384. The van der Waals surface area contributed by atoms with E-state index in [2.05, 4.69) is 24.1 Å². The van der Waals surface area contributed by atoms with Crippen LogP contribution in [0.4, 0.5) is 5.69 Å². The first kappa shape index (κ1) is 23.2. The van der Waals surface area contributed by atoms with Gasteiger partial charge in [-0.25, -0.2) is 0 Å². The molecule has 2 amide bonds. The molecular formula is C20H30N4O4S. The van der Waals surface area contributed by atoms with Gasteiger partial charge in [-0.3, -0.25) is 24.6 Å². The molecule has 1 aliphatic heterocycles. The minimum absolute atomic E-state index is 0.0815. The van der Waals surface area contributed by atoms with Gasteiger partial charge >= 0.3 is 0 Å². The standard InChI is InChI=1S/C20H30N4O4S/c1-15(2)14-22-8-10-23(11-9-22)20(26)18(7-12-29-3)21-19(25)16-5-4-6-17(13-16)24(27)28/h4-6,13,15,18H,7-12,14H2,1-3H3,(H,21,25). The van der Waals surface area contributed by atoms with Crippen LogP contribution in [-0.4, -0.2) is 77.3 Å². The number of nitro benzene ring substituents is 1. The number of carbonyl (C=O) groups is 2. The van der Waals surface area contributed by atoms with E-state index in [1.54, 1.807) is 11.8 Å². The van der Waals surface area contributed by atoms with Crippen LogP contribution in [0.5, 0.6) is 0 Å². The first-order valence-corrected chi connectivity index (χ1v) is 11.3. The molecule has 1 aliphatic rings. The largest absolute Gasteiger partial charge is 0.340 e. The van der Waals surface area contributed by atoms with Gasteiger partial charge < -0.3 is 10.2 Å². The minimum atomic E-state index is -0.633. The maximum absolute atomic E-state index is 13.1. The SMILES string of the molecule is CSCCC(NC(=O)c1cccc([N+](=O)[O-])c1)C(=O)N1CCN(CC(C)C)CC1. The fourth-order valence-electron chi connectivity index (χ4n) is 3.38. The topological polar surface area (TPSA) is 95.8 Å². The summed E-state index contributed by atoms with van der Waals surface area (Å²) >= 11 is 1.61. The number of thioether (sulfide) groups is 1. The van der Waals surface area contributed by atoms with Crippen LogP contribution in [0.2, 0.25) is 0 Å². The van der Waals surface area contributed by atoms with E-state index in [9.17, 15) is 19.7 Å². The molecule has 2 rings (SSSR count). The van der Waals surface area contributed by atoms with Crippen molar-refractivity contribution in [3.63, 3.8) is 0 Å². The number of rotatable bonds is 9. The van der Waals surface area contributed by atoms with Gasteiger partial charge in [-0.15, -0.1) is 0 Å². The maximum Gasteiger partial charge on any atom is 0.270 e. The molecule has 160 valence electrons. The molecule has 1 atom stereocenters. The van der Waals surface area contributed by atoms with Gasteiger partial charge in [-0.05, 0) is 30.4 Å². The molecule has 1 heterocycles. The Morgan fingerprint density at radius 2 is 1.93 bits per heavy atom. The van der Waals surface area contributed by atoms with Crippen LogP contribution < -0.4 is 5.32 Å². The van der Waals surface area contributed by atoms with E-state index in [0.29, 0.717) is 25.4 Å². The van der Waals surface area contributed by atoms with E-state index in [0.717, 1.165) is 25.4 Å². The van der Waals surface area contributed by atoms with Crippen molar-refractivity contribution >= 4 is 29.3 Å². The highest BCUT2D eigenvalue weighted by Crippen LogP contribution is 2.15. The third kappa shape index (κ3) is 7.01. The molecule has 1 aromatic rings. The molecule has 9 heteroatoms. The first-order valence-electron chi connectivity index (χ1n) is 9.87. The van der Waals surface area contributed by atoms with Crippen LogP contribution in [0.15, 0.2) is 24.3 Å². The number of non-ortho nitro benzene ring substituents is 1. The monoisotopic (exact) mass is 422 g/mol. The van der Waals surface area contributed by atoms with Crippen molar-refractivity contribution in [2.45, 2.75) is 26.3 Å². The zero-order chi connectivity index (χ0) is 21.4. The summed E-state index contributed by atoms with van der Waals surface area (Å²) in [4.78, 5) is 40.3. The number of hydrogen-bond donors (Lipinski definition) is 1. The zero-order valence-electron chi connectivity index (χ0n) is 17.3. The fourth-order valence-corrected chi connectivity index (χ4v) is 3.85. The van der Waals surface area contributed by atoms with Crippen LogP contribution in [0.3, 0.4) is 0 Å². The average molecular weight is 423 g/mol. The Labute approximate surface area is 176 Å². The van der Waals surface area contributed by atoms with Crippen LogP contribution in [0.1, 0.15) is 30.6 Å². The van der Waals surface area contributed by atoms with Gasteiger partial charge in [0, 0.05) is 50.4 Å². The number of amides is 2. The Kier molecular flexibility index (Phi) is 8.91. The van der Waals surface area contributed by atoms with Crippen molar-refractivity contribution < 1.29 is 14.5 Å². The summed E-state index contributed by atoms with van der Waals surface area (Å²) in [6.45, 7) is 8.33. The Balaban J connectivity index is 2.03. The van der Waals surface area contributed by atoms with E-state index in [1.807, 2.05) is 11.2 Å². The smallest absolute Gasteiger partial charge is 0.270 e. The highest BCUT2D eigenvalue weighted by molar-refractivity contribution is 7.98. The van der Waals surface area contributed by atoms with E-state index in [1.165, 1.54) is 24.3 Å². The van der Waals surface area contributed by atoms with Crippen molar-refractivity contribution in [3.05, 3.63) is 39.9 Å². The molecular weight excluding hydrogens is 392 g/mol. The Hall–Kier alpha value is -2.13. The predicted molar refractivity (Wildman–Crippen MR) is 115 cm³/mol. The molecule has 1 N–H and O–H groups in total. The molecule has 0 radical (unpaired) electrons. The Morgan fingerprint density at radius 1 is 1.24 bits per heavy atom. The summed E-state index contributed by atoms with van der Waals surface area (Å²) in [7, 11) is 0. The normalized spacial score (nSPS) is 15.9. The summed E-state index contributed by atoms with van der Waals surface area (Å²) in [5, 5.41) is 13.7. The van der Waals surface area contributed by atoms with Gasteiger partial charge in [0.2, 0.25) is 5.91 Å². The van der Waals surface area contributed by atoms with E-state index in [4.69, 9.17) is 0 Å². The number of nitro groups is 1. The number of benzene rings is 1. The van der Waals surface area contributed by atoms with Gasteiger partial charge in [-0.1, -0.05) is 19.9 Å². The van der Waals surface area contributed by atoms with Crippen LogP contribution in [-0.2, 0) is 4.79 Å². The average Bonchev–Trinajstić information content (AvgIpc) is 2.70. The second kappa shape index (κ2) is 11.2. The Morgan fingerprint density at radius 3 is 2.52 bits per heavy atom. The molecule has 1 unspecified atom stereocenters. The lowest BCUT2D eigenvalue weighted by Gasteiger charge is -2.37. The minimum Gasteiger partial charge on any atom is -0.340 e. The van der Waals surface area contributed by atoms with Gasteiger partial charge in [0.1, 0.15) is 6.04 Å². The maximum atomic E-state index is 13.1. The van der Waals surface area contributed by atoms with Crippen molar-refractivity contribution in [1.82, 2.24) is 15.1 Å². The number of nitrogens with zero attached hydrogens (tertiary/aromatic N) is 3. The molecule has 0 bridgehead atoms. The van der Waals surface area contributed by atoms with Gasteiger partial charge in [0.15, 0.2) is 0 Å². The zero-order valence-corrected chi connectivity index (χ0v) is 18.1. The molecule has 0 aromatic heterocycles. The van der Waals surface area contributed by atoms with E-state index in [-0.39, 0.29) is 17.2 Å².